The van der Waals surface area contributed by atoms with Crippen molar-refractivity contribution >= 4 is 5.91 Å². The topological polar surface area (TPSA) is 66.1 Å². The highest BCUT2D eigenvalue weighted by molar-refractivity contribution is 5.76. The third kappa shape index (κ3) is 2.93. The van der Waals surface area contributed by atoms with E-state index in [2.05, 4.69) is 9.97 Å². The molecule has 114 valence electrons. The summed E-state index contributed by atoms with van der Waals surface area (Å²) >= 11 is 0. The predicted octanol–water partition coefficient (Wildman–Crippen LogP) is 1.66. The first kappa shape index (κ1) is 14.5. The van der Waals surface area contributed by atoms with E-state index in [0.29, 0.717) is 43.7 Å². The molecule has 2 aromatic rings. The van der Waals surface area contributed by atoms with Crippen LogP contribution in [0.15, 0.2) is 35.1 Å². The molecule has 0 atom stereocenters. The molecule has 0 unspecified atom stereocenters. The van der Waals surface area contributed by atoms with Gasteiger partial charge in [0.2, 0.25) is 5.91 Å². The first-order valence-corrected chi connectivity index (χ1v) is 7.60. The summed E-state index contributed by atoms with van der Waals surface area (Å²) in [6.45, 7) is 2.85. The van der Waals surface area contributed by atoms with Crippen molar-refractivity contribution in [1.82, 2.24) is 14.9 Å². The van der Waals surface area contributed by atoms with E-state index < -0.39 is 0 Å². The van der Waals surface area contributed by atoms with Gasteiger partial charge in [0.15, 0.2) is 0 Å². The van der Waals surface area contributed by atoms with Gasteiger partial charge in [0.1, 0.15) is 5.82 Å². The van der Waals surface area contributed by atoms with Gasteiger partial charge >= 0.3 is 0 Å². The Labute approximate surface area is 129 Å². The van der Waals surface area contributed by atoms with Gasteiger partial charge in [-0.1, -0.05) is 37.3 Å². The summed E-state index contributed by atoms with van der Waals surface area (Å²) in [7, 11) is 0. The summed E-state index contributed by atoms with van der Waals surface area (Å²) < 4.78 is 0. The maximum Gasteiger partial charge on any atom is 0.256 e. The van der Waals surface area contributed by atoms with Crippen molar-refractivity contribution in [3.8, 4) is 0 Å². The molecule has 0 bridgehead atoms. The number of nitrogens with one attached hydrogen (secondary N) is 1. The van der Waals surface area contributed by atoms with Crippen LogP contribution < -0.4 is 5.56 Å². The van der Waals surface area contributed by atoms with Gasteiger partial charge in [-0.25, -0.2) is 4.98 Å². The molecule has 1 N–H and O–H groups in total. The predicted molar refractivity (Wildman–Crippen MR) is 83.5 cm³/mol. The Bertz CT molecular complexity index is 737. The van der Waals surface area contributed by atoms with Crippen LogP contribution in [0.2, 0.25) is 0 Å². The molecule has 3 rings (SSSR count). The number of fused-ring (bicyclic) bond motifs is 1. The van der Waals surface area contributed by atoms with Crippen molar-refractivity contribution in [2.24, 2.45) is 0 Å². The van der Waals surface area contributed by atoms with Gasteiger partial charge in [0.05, 0.1) is 17.8 Å². The molecule has 22 heavy (non-hydrogen) atoms. The summed E-state index contributed by atoms with van der Waals surface area (Å²) in [5.74, 6) is 0.767. The van der Waals surface area contributed by atoms with Crippen LogP contribution in [0, 0.1) is 0 Å². The van der Waals surface area contributed by atoms with Gasteiger partial charge in [0, 0.05) is 25.8 Å². The normalized spacial score (nSPS) is 13.8. The Balaban J connectivity index is 1.86. The van der Waals surface area contributed by atoms with Crippen molar-refractivity contribution in [2.45, 2.75) is 32.7 Å². The van der Waals surface area contributed by atoms with Crippen molar-refractivity contribution < 1.29 is 4.79 Å². The zero-order chi connectivity index (χ0) is 15.5. The van der Waals surface area contributed by atoms with E-state index in [-0.39, 0.29) is 11.5 Å². The highest BCUT2D eigenvalue weighted by atomic mass is 16.2. The molecule has 1 aromatic heterocycles. The maximum atomic E-state index is 12.3. The van der Waals surface area contributed by atoms with E-state index in [1.807, 2.05) is 37.3 Å². The first-order chi connectivity index (χ1) is 10.7. The molecule has 5 nitrogen and oxygen atoms in total. The molecular weight excluding hydrogens is 278 g/mol. The van der Waals surface area contributed by atoms with Gasteiger partial charge in [-0.05, 0) is 5.56 Å². The number of aromatic nitrogens is 2. The molecule has 1 aromatic carbocycles. The molecule has 0 fully saturated rings. The Kier molecular flexibility index (Phi) is 4.04. The van der Waals surface area contributed by atoms with Crippen LogP contribution in [0.1, 0.15) is 36.0 Å². The fourth-order valence-corrected chi connectivity index (χ4v) is 2.79. The molecule has 1 aliphatic heterocycles. The van der Waals surface area contributed by atoms with Crippen LogP contribution in [0.5, 0.6) is 0 Å². The van der Waals surface area contributed by atoms with Crippen molar-refractivity contribution in [2.75, 3.05) is 6.54 Å². The number of hydrogen-bond acceptors (Lipinski definition) is 3. The van der Waals surface area contributed by atoms with E-state index in [1.165, 1.54) is 0 Å². The Morgan fingerprint density at radius 2 is 2.09 bits per heavy atom. The summed E-state index contributed by atoms with van der Waals surface area (Å²) in [6.07, 6.45) is 1.72. The minimum Gasteiger partial charge on any atom is -0.338 e. The van der Waals surface area contributed by atoms with Crippen molar-refractivity contribution in [1.29, 1.82) is 0 Å². The van der Waals surface area contributed by atoms with E-state index in [4.69, 9.17) is 0 Å². The van der Waals surface area contributed by atoms with E-state index in [1.54, 1.807) is 4.90 Å². The lowest BCUT2D eigenvalue weighted by Crippen LogP contribution is -2.39. The summed E-state index contributed by atoms with van der Waals surface area (Å²) in [5, 5.41) is 0. The summed E-state index contributed by atoms with van der Waals surface area (Å²) in [5.41, 5.74) is 2.45. The van der Waals surface area contributed by atoms with Crippen LogP contribution in [-0.4, -0.2) is 27.3 Å². The van der Waals surface area contributed by atoms with Gasteiger partial charge < -0.3 is 9.88 Å². The second-order valence-electron chi connectivity index (χ2n) is 5.52. The van der Waals surface area contributed by atoms with E-state index in [9.17, 15) is 9.59 Å². The Hall–Kier alpha value is -2.43. The lowest BCUT2D eigenvalue weighted by Gasteiger charge is -2.27. The molecule has 5 heteroatoms. The largest absolute Gasteiger partial charge is 0.338 e. The van der Waals surface area contributed by atoms with Crippen LogP contribution in [-0.2, 0) is 24.2 Å². The zero-order valence-corrected chi connectivity index (χ0v) is 12.6. The molecule has 0 radical (unpaired) electrons. The quantitative estimate of drug-likeness (QED) is 0.937. The van der Waals surface area contributed by atoms with Crippen molar-refractivity contribution in [3.05, 3.63) is 63.3 Å². The number of nitrogens with zero attached hydrogens (tertiary/aromatic N) is 2. The average molecular weight is 297 g/mol. The smallest absolute Gasteiger partial charge is 0.256 e. The monoisotopic (exact) mass is 297 g/mol. The van der Waals surface area contributed by atoms with E-state index >= 15 is 0 Å². The second kappa shape index (κ2) is 6.13. The standard InChI is InChI=1S/C17H19N3O2/c1-2-16(21)20-9-8-14-13(11-20)17(22)19-15(18-14)10-12-6-4-3-5-7-12/h3-7H,2,8-11H2,1H3,(H,18,19,22). The van der Waals surface area contributed by atoms with Gasteiger partial charge in [-0.15, -0.1) is 0 Å². The number of rotatable bonds is 3. The Morgan fingerprint density at radius 1 is 1.32 bits per heavy atom. The third-order valence-electron chi connectivity index (χ3n) is 3.99. The number of benzene rings is 1. The van der Waals surface area contributed by atoms with Gasteiger partial charge in [0.25, 0.3) is 5.56 Å². The van der Waals surface area contributed by atoms with Gasteiger partial charge in [-0.2, -0.15) is 0 Å². The van der Waals surface area contributed by atoms with Crippen molar-refractivity contribution in [3.63, 3.8) is 0 Å². The number of carbonyl (C=O) groups excluding carboxylic acids is 1. The molecule has 0 saturated carbocycles. The van der Waals surface area contributed by atoms with Crippen LogP contribution >= 0.6 is 0 Å². The second-order valence-corrected chi connectivity index (χ2v) is 5.52. The highest BCUT2D eigenvalue weighted by Crippen LogP contribution is 2.15. The number of H-pyrrole nitrogens is 1. The first-order valence-electron chi connectivity index (χ1n) is 7.60. The molecule has 1 aliphatic rings. The summed E-state index contributed by atoms with van der Waals surface area (Å²) in [6, 6.07) is 9.94. The number of carbonyl (C=O) groups is 1. The van der Waals surface area contributed by atoms with Crippen LogP contribution in [0.25, 0.3) is 0 Å². The number of amides is 1. The molecule has 2 heterocycles. The van der Waals surface area contributed by atoms with Crippen LogP contribution in [0.3, 0.4) is 0 Å². The highest BCUT2D eigenvalue weighted by Gasteiger charge is 2.23. The maximum absolute atomic E-state index is 12.3. The third-order valence-corrected chi connectivity index (χ3v) is 3.99. The molecule has 1 amide bonds. The summed E-state index contributed by atoms with van der Waals surface area (Å²) in [4.78, 5) is 33.3. The average Bonchev–Trinajstić information content (AvgIpc) is 2.55. The van der Waals surface area contributed by atoms with E-state index in [0.717, 1.165) is 11.3 Å². The molecular formula is C17H19N3O2. The minimum absolute atomic E-state index is 0.0819. The minimum atomic E-state index is -0.121. The Morgan fingerprint density at radius 3 is 2.82 bits per heavy atom. The number of hydrogen-bond donors (Lipinski definition) is 1. The SMILES string of the molecule is CCC(=O)N1CCc2nc(Cc3ccccc3)[nH]c(=O)c2C1. The lowest BCUT2D eigenvalue weighted by molar-refractivity contribution is -0.131. The molecule has 0 saturated heterocycles. The van der Waals surface area contributed by atoms with Crippen LogP contribution in [0.4, 0.5) is 0 Å². The lowest BCUT2D eigenvalue weighted by atomic mass is 10.1. The molecule has 0 spiro atoms. The number of aromatic amines is 1. The zero-order valence-electron chi connectivity index (χ0n) is 12.6. The fraction of sp³-hybridized carbons (Fsp3) is 0.353. The van der Waals surface area contributed by atoms with Gasteiger partial charge in [-0.3, -0.25) is 9.59 Å². The fourth-order valence-electron chi connectivity index (χ4n) is 2.79. The molecule has 0 aliphatic carbocycles.